The maximum atomic E-state index is 13.1. The highest BCUT2D eigenvalue weighted by Gasteiger charge is 2.27. The van der Waals surface area contributed by atoms with Crippen LogP contribution in [0.3, 0.4) is 0 Å². The van der Waals surface area contributed by atoms with Crippen molar-refractivity contribution in [1.29, 1.82) is 0 Å². The second kappa shape index (κ2) is 8.73. The van der Waals surface area contributed by atoms with Gasteiger partial charge in [0.25, 0.3) is 11.5 Å². The van der Waals surface area contributed by atoms with E-state index in [1.807, 2.05) is 36.4 Å². The molecular formula is C23H22N4O3. The van der Waals surface area contributed by atoms with Crippen molar-refractivity contribution in [3.63, 3.8) is 0 Å². The lowest BCUT2D eigenvalue weighted by atomic mass is 10.0. The smallest absolute Gasteiger partial charge is 0.255 e. The second-order valence-electron chi connectivity index (χ2n) is 7.23. The monoisotopic (exact) mass is 402 g/mol. The molecule has 30 heavy (non-hydrogen) atoms. The summed E-state index contributed by atoms with van der Waals surface area (Å²) in [7, 11) is 0. The summed E-state index contributed by atoms with van der Waals surface area (Å²) in [5.41, 5.74) is 2.44. The van der Waals surface area contributed by atoms with Gasteiger partial charge in [-0.25, -0.2) is 4.98 Å². The third kappa shape index (κ3) is 4.30. The zero-order valence-electron chi connectivity index (χ0n) is 16.4. The van der Waals surface area contributed by atoms with Gasteiger partial charge in [0.1, 0.15) is 0 Å². The molecule has 0 saturated heterocycles. The Balaban J connectivity index is 1.52. The Labute approximate surface area is 173 Å². The predicted molar refractivity (Wildman–Crippen MR) is 112 cm³/mol. The van der Waals surface area contributed by atoms with Crippen LogP contribution in [0.4, 0.5) is 0 Å². The first-order valence-corrected chi connectivity index (χ1v) is 9.86. The minimum Gasteiger partial charge on any atom is -0.345 e. The number of hydrogen-bond donors (Lipinski definition) is 2. The summed E-state index contributed by atoms with van der Waals surface area (Å²) in [6, 6.07) is 17.9. The molecule has 0 spiro atoms. The first-order valence-electron chi connectivity index (χ1n) is 9.86. The van der Waals surface area contributed by atoms with Crippen molar-refractivity contribution in [1.82, 2.24) is 20.2 Å². The highest BCUT2D eigenvalue weighted by molar-refractivity contribution is 5.94. The van der Waals surface area contributed by atoms with E-state index in [2.05, 4.69) is 15.3 Å². The fourth-order valence-corrected chi connectivity index (χ4v) is 3.64. The maximum absolute atomic E-state index is 13.1. The van der Waals surface area contributed by atoms with Crippen LogP contribution in [-0.4, -0.2) is 33.2 Å². The topological polar surface area (TPSA) is 95.2 Å². The number of hydrogen-bond acceptors (Lipinski definition) is 4. The van der Waals surface area contributed by atoms with Crippen molar-refractivity contribution in [2.24, 2.45) is 0 Å². The molecule has 2 heterocycles. The van der Waals surface area contributed by atoms with E-state index in [0.29, 0.717) is 24.1 Å². The van der Waals surface area contributed by atoms with Gasteiger partial charge in [0.15, 0.2) is 0 Å². The van der Waals surface area contributed by atoms with E-state index in [0.717, 1.165) is 11.3 Å². The van der Waals surface area contributed by atoms with Gasteiger partial charge in [-0.15, -0.1) is 0 Å². The Hall–Kier alpha value is -3.74. The number of nitrogens with zero attached hydrogens (tertiary/aromatic N) is 2. The normalized spacial score (nSPS) is 13.9. The van der Waals surface area contributed by atoms with E-state index >= 15 is 0 Å². The Bertz CT molecular complexity index is 1100. The van der Waals surface area contributed by atoms with Crippen LogP contribution in [0.1, 0.15) is 39.6 Å². The van der Waals surface area contributed by atoms with Gasteiger partial charge >= 0.3 is 0 Å². The van der Waals surface area contributed by atoms with Crippen LogP contribution in [0.25, 0.3) is 0 Å². The van der Waals surface area contributed by atoms with Crippen molar-refractivity contribution >= 4 is 11.8 Å². The molecule has 2 amide bonds. The molecule has 1 aliphatic heterocycles. The third-order valence-corrected chi connectivity index (χ3v) is 5.28. The number of carbonyl (C=O) groups is 2. The molecule has 1 atom stereocenters. The largest absolute Gasteiger partial charge is 0.345 e. The highest BCUT2D eigenvalue weighted by Crippen LogP contribution is 2.21. The van der Waals surface area contributed by atoms with Gasteiger partial charge in [0.05, 0.1) is 36.6 Å². The summed E-state index contributed by atoms with van der Waals surface area (Å²) in [6.07, 6.45) is 2.04. The molecule has 0 saturated carbocycles. The fraction of sp³-hybridized carbons (Fsp3) is 0.217. The quantitative estimate of drug-likeness (QED) is 0.684. The summed E-state index contributed by atoms with van der Waals surface area (Å²) in [5, 5.41) is 2.98. The molecule has 3 aromatic rings. The van der Waals surface area contributed by atoms with Crippen LogP contribution >= 0.6 is 0 Å². The van der Waals surface area contributed by atoms with Gasteiger partial charge in [-0.3, -0.25) is 14.4 Å². The third-order valence-electron chi connectivity index (χ3n) is 5.28. The summed E-state index contributed by atoms with van der Waals surface area (Å²) in [6.45, 7) is 0.724. The molecule has 1 unspecified atom stereocenters. The molecule has 2 N–H and O–H groups in total. The van der Waals surface area contributed by atoms with Gasteiger partial charge in [-0.05, 0) is 17.7 Å². The van der Waals surface area contributed by atoms with Crippen LogP contribution in [0, 0.1) is 0 Å². The van der Waals surface area contributed by atoms with Gasteiger partial charge < -0.3 is 15.2 Å². The van der Waals surface area contributed by atoms with Crippen LogP contribution in [-0.2, 0) is 17.8 Å². The van der Waals surface area contributed by atoms with Crippen LogP contribution in [0.5, 0.6) is 0 Å². The zero-order valence-corrected chi connectivity index (χ0v) is 16.4. The molecule has 1 aromatic heterocycles. The predicted octanol–water partition coefficient (Wildman–Crippen LogP) is 2.22. The van der Waals surface area contributed by atoms with Crippen molar-refractivity contribution in [3.8, 4) is 0 Å². The van der Waals surface area contributed by atoms with Gasteiger partial charge in [-0.1, -0.05) is 48.5 Å². The number of aromatic amines is 1. The molecule has 152 valence electrons. The van der Waals surface area contributed by atoms with E-state index in [-0.39, 0.29) is 30.3 Å². The Morgan fingerprint density at radius 2 is 1.77 bits per heavy atom. The number of nitrogens with one attached hydrogen (secondary N) is 2. The Morgan fingerprint density at radius 1 is 1.07 bits per heavy atom. The molecular weight excluding hydrogens is 380 g/mol. The molecule has 0 fully saturated rings. The van der Waals surface area contributed by atoms with Gasteiger partial charge in [0.2, 0.25) is 5.91 Å². The minimum absolute atomic E-state index is 0.107. The van der Waals surface area contributed by atoms with Gasteiger partial charge in [0, 0.05) is 18.5 Å². The summed E-state index contributed by atoms with van der Waals surface area (Å²) in [5.74, 6) is -0.354. The lowest BCUT2D eigenvalue weighted by Gasteiger charge is -2.29. The summed E-state index contributed by atoms with van der Waals surface area (Å²) in [4.78, 5) is 46.3. The lowest BCUT2D eigenvalue weighted by molar-refractivity contribution is -0.132. The molecule has 7 heteroatoms. The number of amides is 2. The number of aromatic nitrogens is 2. The van der Waals surface area contributed by atoms with Crippen LogP contribution in [0.15, 0.2) is 71.8 Å². The second-order valence-corrected chi connectivity index (χ2v) is 7.23. The van der Waals surface area contributed by atoms with Crippen molar-refractivity contribution in [3.05, 3.63) is 99.7 Å². The number of fused-ring (bicyclic) bond motifs is 1. The van der Waals surface area contributed by atoms with E-state index in [9.17, 15) is 14.4 Å². The molecule has 2 aromatic carbocycles. The number of H-pyrrole nitrogens is 1. The SMILES string of the molecule is O=C(NC(CC(=O)N1CCc2nc[nH]c(=O)c2C1)c1ccccc1)c1ccccc1. The lowest BCUT2D eigenvalue weighted by Crippen LogP contribution is -2.41. The van der Waals surface area contributed by atoms with Crippen molar-refractivity contribution in [2.45, 2.75) is 25.4 Å². The molecule has 4 rings (SSSR count). The first kappa shape index (κ1) is 19.6. The molecule has 1 aliphatic rings. The average Bonchev–Trinajstić information content (AvgIpc) is 2.80. The molecule has 0 bridgehead atoms. The van der Waals surface area contributed by atoms with E-state index in [1.165, 1.54) is 6.33 Å². The maximum Gasteiger partial charge on any atom is 0.255 e. The molecule has 0 aliphatic carbocycles. The van der Waals surface area contributed by atoms with E-state index < -0.39 is 6.04 Å². The van der Waals surface area contributed by atoms with Crippen molar-refractivity contribution < 1.29 is 9.59 Å². The highest BCUT2D eigenvalue weighted by atomic mass is 16.2. The number of carbonyl (C=O) groups excluding carboxylic acids is 2. The van der Waals surface area contributed by atoms with Gasteiger partial charge in [-0.2, -0.15) is 0 Å². The molecule has 0 radical (unpaired) electrons. The van der Waals surface area contributed by atoms with E-state index in [1.54, 1.807) is 29.2 Å². The number of benzene rings is 2. The first-order chi connectivity index (χ1) is 14.6. The van der Waals surface area contributed by atoms with E-state index in [4.69, 9.17) is 0 Å². The number of rotatable bonds is 5. The zero-order chi connectivity index (χ0) is 20.9. The van der Waals surface area contributed by atoms with Crippen molar-refractivity contribution in [2.75, 3.05) is 6.54 Å². The van der Waals surface area contributed by atoms with Crippen LogP contribution < -0.4 is 10.9 Å². The summed E-state index contributed by atoms with van der Waals surface area (Å²) < 4.78 is 0. The standard InChI is InChI=1S/C23H22N4O3/c28-21(27-12-11-19-18(14-27)23(30)25-15-24-19)13-20(16-7-3-1-4-8-16)26-22(29)17-9-5-2-6-10-17/h1-10,15,20H,11-14H2,(H,26,29)(H,24,25,30). The average molecular weight is 402 g/mol. The Morgan fingerprint density at radius 3 is 2.50 bits per heavy atom. The molecule has 7 nitrogen and oxygen atoms in total. The minimum atomic E-state index is -0.472. The summed E-state index contributed by atoms with van der Waals surface area (Å²) >= 11 is 0. The fourth-order valence-electron chi connectivity index (χ4n) is 3.64. The van der Waals surface area contributed by atoms with Crippen LogP contribution in [0.2, 0.25) is 0 Å². The Kier molecular flexibility index (Phi) is 5.70.